The van der Waals surface area contributed by atoms with Crippen molar-refractivity contribution in [3.8, 4) is 5.75 Å². The summed E-state index contributed by atoms with van der Waals surface area (Å²) in [6, 6.07) is 5.14. The zero-order chi connectivity index (χ0) is 9.68. The van der Waals surface area contributed by atoms with Crippen molar-refractivity contribution in [2.45, 2.75) is 6.42 Å². The van der Waals surface area contributed by atoms with Gasteiger partial charge in [0.05, 0.1) is 11.6 Å². The first-order chi connectivity index (χ1) is 6.24. The molecule has 0 aliphatic rings. The Morgan fingerprint density at radius 1 is 1.23 bits per heavy atom. The van der Waals surface area contributed by atoms with Crippen LogP contribution in [0, 0.1) is 0 Å². The molecule has 0 fully saturated rings. The van der Waals surface area contributed by atoms with Gasteiger partial charge in [0, 0.05) is 10.9 Å². The van der Waals surface area contributed by atoms with Gasteiger partial charge in [-0.25, -0.2) is 0 Å². The van der Waals surface area contributed by atoms with Gasteiger partial charge in [-0.2, -0.15) is 0 Å². The van der Waals surface area contributed by atoms with Crippen LogP contribution in [0.1, 0.15) is 6.42 Å². The summed E-state index contributed by atoms with van der Waals surface area (Å²) < 4.78 is 5.36. The van der Waals surface area contributed by atoms with Crippen LogP contribution in [0.5, 0.6) is 5.75 Å². The first-order valence-electron chi connectivity index (χ1n) is 3.88. The highest BCUT2D eigenvalue weighted by atomic mass is 35.5. The summed E-state index contributed by atoms with van der Waals surface area (Å²) in [4.78, 5) is 0. The van der Waals surface area contributed by atoms with E-state index in [4.69, 9.17) is 39.5 Å². The molecule has 0 saturated heterocycles. The van der Waals surface area contributed by atoms with Gasteiger partial charge in [0.1, 0.15) is 5.75 Å². The van der Waals surface area contributed by atoms with Crippen LogP contribution in [0.2, 0.25) is 10.0 Å². The van der Waals surface area contributed by atoms with Gasteiger partial charge in [-0.05, 0) is 24.6 Å². The second-order valence-corrected chi connectivity index (χ2v) is 3.69. The van der Waals surface area contributed by atoms with E-state index in [0.717, 1.165) is 6.42 Å². The highest BCUT2D eigenvalue weighted by Gasteiger charge is 2.01. The summed E-state index contributed by atoms with van der Waals surface area (Å²) >= 11 is 17.1. The van der Waals surface area contributed by atoms with Gasteiger partial charge in [0.25, 0.3) is 0 Å². The lowest BCUT2D eigenvalue weighted by molar-refractivity contribution is 0.318. The Hall–Kier alpha value is -0.110. The number of hydrogen-bond donors (Lipinski definition) is 0. The van der Waals surface area contributed by atoms with Crippen molar-refractivity contribution < 1.29 is 4.74 Å². The summed E-state index contributed by atoms with van der Waals surface area (Å²) in [5.41, 5.74) is 0. The predicted octanol–water partition coefficient (Wildman–Crippen LogP) is 4.00. The molecule has 0 radical (unpaired) electrons. The number of ether oxygens (including phenoxy) is 1. The van der Waals surface area contributed by atoms with Crippen molar-refractivity contribution in [2.75, 3.05) is 12.5 Å². The molecule has 4 heteroatoms. The average Bonchev–Trinajstić information content (AvgIpc) is 2.09. The summed E-state index contributed by atoms with van der Waals surface area (Å²) in [6.07, 6.45) is 0.806. The fourth-order valence-electron chi connectivity index (χ4n) is 0.829. The molecule has 0 unspecified atom stereocenters. The SMILES string of the molecule is ClCCCOc1ccc(Cl)cc1Cl. The van der Waals surface area contributed by atoms with E-state index in [1.165, 1.54) is 0 Å². The Kier molecular flexibility index (Phi) is 4.71. The first-order valence-corrected chi connectivity index (χ1v) is 5.17. The van der Waals surface area contributed by atoms with Crippen LogP contribution in [-0.4, -0.2) is 12.5 Å². The van der Waals surface area contributed by atoms with Gasteiger partial charge in [-0.15, -0.1) is 11.6 Å². The Labute approximate surface area is 92.5 Å². The minimum Gasteiger partial charge on any atom is -0.492 e. The second kappa shape index (κ2) is 5.58. The van der Waals surface area contributed by atoms with Crippen LogP contribution in [0.4, 0.5) is 0 Å². The van der Waals surface area contributed by atoms with E-state index in [0.29, 0.717) is 28.3 Å². The third-order valence-electron chi connectivity index (χ3n) is 1.43. The minimum atomic E-state index is 0.530. The molecule has 0 heterocycles. The number of hydrogen-bond acceptors (Lipinski definition) is 1. The van der Waals surface area contributed by atoms with Crippen LogP contribution in [0.15, 0.2) is 18.2 Å². The summed E-state index contributed by atoms with van der Waals surface area (Å²) in [5, 5.41) is 1.14. The Morgan fingerprint density at radius 3 is 2.62 bits per heavy atom. The predicted molar refractivity (Wildman–Crippen MR) is 57.3 cm³/mol. The maximum absolute atomic E-state index is 5.87. The van der Waals surface area contributed by atoms with Gasteiger partial charge < -0.3 is 4.74 Å². The minimum absolute atomic E-state index is 0.530. The Balaban J connectivity index is 2.56. The summed E-state index contributed by atoms with van der Waals surface area (Å²) in [7, 11) is 0. The molecule has 0 aliphatic carbocycles. The molecule has 1 aromatic carbocycles. The quantitative estimate of drug-likeness (QED) is 0.570. The molecule has 0 aromatic heterocycles. The molecule has 1 aromatic rings. The third kappa shape index (κ3) is 3.63. The molecular formula is C9H9Cl3O. The van der Waals surface area contributed by atoms with E-state index >= 15 is 0 Å². The molecule has 0 saturated carbocycles. The van der Waals surface area contributed by atoms with E-state index in [9.17, 15) is 0 Å². The fourth-order valence-corrected chi connectivity index (χ4v) is 1.40. The van der Waals surface area contributed by atoms with Crippen molar-refractivity contribution >= 4 is 34.8 Å². The molecule has 0 aliphatic heterocycles. The van der Waals surface area contributed by atoms with Crippen LogP contribution >= 0.6 is 34.8 Å². The lowest BCUT2D eigenvalue weighted by Crippen LogP contribution is -1.97. The maximum Gasteiger partial charge on any atom is 0.137 e. The van der Waals surface area contributed by atoms with Gasteiger partial charge >= 0.3 is 0 Å². The smallest absolute Gasteiger partial charge is 0.137 e. The number of benzene rings is 1. The maximum atomic E-state index is 5.87. The second-order valence-electron chi connectivity index (χ2n) is 2.47. The fraction of sp³-hybridized carbons (Fsp3) is 0.333. The normalized spacial score (nSPS) is 10.1. The zero-order valence-electron chi connectivity index (χ0n) is 6.90. The van der Waals surface area contributed by atoms with E-state index in [1.807, 2.05) is 0 Å². The van der Waals surface area contributed by atoms with Gasteiger partial charge in [0.15, 0.2) is 0 Å². The van der Waals surface area contributed by atoms with Crippen molar-refractivity contribution in [1.82, 2.24) is 0 Å². The first kappa shape index (κ1) is 11.0. The van der Waals surface area contributed by atoms with E-state index < -0.39 is 0 Å². The lowest BCUT2D eigenvalue weighted by Gasteiger charge is -2.06. The third-order valence-corrected chi connectivity index (χ3v) is 2.23. The standard InChI is InChI=1S/C9H9Cl3O/c10-4-1-5-13-9-3-2-7(11)6-8(9)12/h2-3,6H,1,4-5H2. The largest absolute Gasteiger partial charge is 0.492 e. The van der Waals surface area contributed by atoms with Crippen LogP contribution in [-0.2, 0) is 0 Å². The molecule has 0 N–H and O–H groups in total. The van der Waals surface area contributed by atoms with Crippen LogP contribution in [0.3, 0.4) is 0 Å². The molecule has 1 rings (SSSR count). The van der Waals surface area contributed by atoms with Gasteiger partial charge in [0.2, 0.25) is 0 Å². The monoisotopic (exact) mass is 238 g/mol. The highest BCUT2D eigenvalue weighted by molar-refractivity contribution is 6.35. The summed E-state index contributed by atoms with van der Waals surface area (Å²) in [6.45, 7) is 0.574. The Bertz CT molecular complexity index is 276. The van der Waals surface area contributed by atoms with Gasteiger partial charge in [-0.3, -0.25) is 0 Å². The van der Waals surface area contributed by atoms with E-state index in [1.54, 1.807) is 18.2 Å². The van der Waals surface area contributed by atoms with Crippen molar-refractivity contribution in [3.63, 3.8) is 0 Å². The van der Waals surface area contributed by atoms with Crippen molar-refractivity contribution in [2.24, 2.45) is 0 Å². The van der Waals surface area contributed by atoms with Crippen LogP contribution in [0.25, 0.3) is 0 Å². The van der Waals surface area contributed by atoms with Crippen molar-refractivity contribution in [1.29, 1.82) is 0 Å². The molecule has 0 spiro atoms. The number of halogens is 3. The Morgan fingerprint density at radius 2 is 2.00 bits per heavy atom. The topological polar surface area (TPSA) is 9.23 Å². The van der Waals surface area contributed by atoms with E-state index in [2.05, 4.69) is 0 Å². The molecular weight excluding hydrogens is 230 g/mol. The lowest BCUT2D eigenvalue weighted by atomic mass is 10.3. The molecule has 13 heavy (non-hydrogen) atoms. The van der Waals surface area contributed by atoms with E-state index in [-0.39, 0.29) is 0 Å². The number of rotatable bonds is 4. The molecule has 72 valence electrons. The molecule has 1 nitrogen and oxygen atoms in total. The molecule has 0 atom stereocenters. The van der Waals surface area contributed by atoms with Gasteiger partial charge in [-0.1, -0.05) is 23.2 Å². The highest BCUT2D eigenvalue weighted by Crippen LogP contribution is 2.27. The average molecular weight is 240 g/mol. The van der Waals surface area contributed by atoms with Crippen molar-refractivity contribution in [3.05, 3.63) is 28.2 Å². The molecule has 0 amide bonds. The molecule has 0 bridgehead atoms. The summed E-state index contributed by atoms with van der Waals surface area (Å²) in [5.74, 6) is 1.24. The number of alkyl halides is 1. The van der Waals surface area contributed by atoms with Crippen LogP contribution < -0.4 is 4.74 Å². The zero-order valence-corrected chi connectivity index (χ0v) is 9.16.